The Hall–Kier alpha value is -1.31. The van der Waals surface area contributed by atoms with Crippen LogP contribution in [0, 0.1) is 0 Å². The van der Waals surface area contributed by atoms with Gasteiger partial charge in [-0.2, -0.15) is 0 Å². The van der Waals surface area contributed by atoms with Crippen molar-refractivity contribution in [2.24, 2.45) is 0 Å². The zero-order valence-electron chi connectivity index (χ0n) is 14.4. The lowest BCUT2D eigenvalue weighted by molar-refractivity contribution is 0.139. The monoisotopic (exact) mass is 335 g/mol. The van der Waals surface area contributed by atoms with E-state index in [1.54, 1.807) is 11.3 Å². The molecule has 6 nitrogen and oxygen atoms in total. The second kappa shape index (κ2) is 6.67. The van der Waals surface area contributed by atoms with Crippen LogP contribution >= 0.6 is 11.3 Å². The molecule has 0 spiro atoms. The van der Waals surface area contributed by atoms with Crippen LogP contribution in [-0.4, -0.2) is 44.9 Å². The van der Waals surface area contributed by atoms with E-state index in [1.165, 1.54) is 9.88 Å². The second-order valence-corrected chi connectivity index (χ2v) is 8.22. The maximum atomic E-state index is 5.52. The molecule has 1 aliphatic heterocycles. The number of hydrogen-bond donors (Lipinski definition) is 0. The Morgan fingerprint density at radius 2 is 2.09 bits per heavy atom. The summed E-state index contributed by atoms with van der Waals surface area (Å²) in [5, 5.41) is 9.87. The molecule has 0 bridgehead atoms. The maximum Gasteiger partial charge on any atom is 0.147 e. The van der Waals surface area contributed by atoms with Crippen molar-refractivity contribution < 1.29 is 4.74 Å². The van der Waals surface area contributed by atoms with Gasteiger partial charge in [-0.3, -0.25) is 4.90 Å². The van der Waals surface area contributed by atoms with Gasteiger partial charge in [0, 0.05) is 36.0 Å². The zero-order chi connectivity index (χ0) is 16.4. The summed E-state index contributed by atoms with van der Waals surface area (Å²) in [7, 11) is 2.12. The third-order valence-corrected chi connectivity index (χ3v) is 5.27. The topological polar surface area (TPSA) is 56.1 Å². The normalized spacial score (nSPS) is 15.7. The van der Waals surface area contributed by atoms with Crippen LogP contribution in [0.1, 0.15) is 42.3 Å². The minimum absolute atomic E-state index is 0.117. The minimum Gasteiger partial charge on any atom is -0.379 e. The van der Waals surface area contributed by atoms with E-state index in [0.717, 1.165) is 50.9 Å². The standard InChI is InChI=1S/C16H25N5OS/c1-16(2,3)15-17-9-12(23-15)10-20(4)11-14-19-18-13-5-7-22-8-6-21(13)14/h9H,5-8,10-11H2,1-4H3. The number of aromatic nitrogens is 4. The van der Waals surface area contributed by atoms with Gasteiger partial charge in [-0.25, -0.2) is 4.98 Å². The molecule has 7 heteroatoms. The number of ether oxygens (including phenoxy) is 1. The lowest BCUT2D eigenvalue weighted by Gasteiger charge is -2.16. The van der Waals surface area contributed by atoms with Crippen LogP contribution in [0.3, 0.4) is 0 Å². The van der Waals surface area contributed by atoms with Crippen molar-refractivity contribution in [3.8, 4) is 0 Å². The van der Waals surface area contributed by atoms with Gasteiger partial charge in [0.05, 0.1) is 24.8 Å². The summed E-state index contributed by atoms with van der Waals surface area (Å²) in [6.45, 7) is 10.6. The van der Waals surface area contributed by atoms with Crippen molar-refractivity contribution in [3.05, 3.63) is 27.7 Å². The summed E-state index contributed by atoms with van der Waals surface area (Å²) in [4.78, 5) is 8.12. The average molecular weight is 335 g/mol. The van der Waals surface area contributed by atoms with E-state index in [0.29, 0.717) is 0 Å². The molecule has 0 saturated carbocycles. The van der Waals surface area contributed by atoms with Crippen molar-refractivity contribution in [2.45, 2.75) is 52.2 Å². The van der Waals surface area contributed by atoms with Gasteiger partial charge in [0.25, 0.3) is 0 Å². The first kappa shape index (κ1) is 16.5. The zero-order valence-corrected chi connectivity index (χ0v) is 15.2. The van der Waals surface area contributed by atoms with E-state index in [4.69, 9.17) is 4.74 Å². The van der Waals surface area contributed by atoms with Gasteiger partial charge in [-0.05, 0) is 7.05 Å². The summed E-state index contributed by atoms with van der Waals surface area (Å²) in [6, 6.07) is 0. The SMILES string of the molecule is CN(Cc1cnc(C(C)(C)C)s1)Cc1nnc2n1CCOCC2. The molecule has 0 N–H and O–H groups in total. The molecule has 126 valence electrons. The fourth-order valence-corrected chi connectivity index (χ4v) is 3.69. The molecule has 2 aromatic heterocycles. The smallest absolute Gasteiger partial charge is 0.147 e. The highest BCUT2D eigenvalue weighted by Crippen LogP contribution is 2.27. The summed E-state index contributed by atoms with van der Waals surface area (Å²) < 4.78 is 7.72. The van der Waals surface area contributed by atoms with Crippen LogP contribution < -0.4 is 0 Å². The molecule has 0 fully saturated rings. The molecule has 23 heavy (non-hydrogen) atoms. The number of rotatable bonds is 4. The van der Waals surface area contributed by atoms with Crippen LogP contribution in [0.2, 0.25) is 0 Å². The third-order valence-electron chi connectivity index (χ3n) is 3.87. The largest absolute Gasteiger partial charge is 0.379 e. The van der Waals surface area contributed by atoms with Crippen LogP contribution in [0.4, 0.5) is 0 Å². The molecule has 2 aromatic rings. The molecule has 0 unspecified atom stereocenters. The Morgan fingerprint density at radius 1 is 1.26 bits per heavy atom. The predicted molar refractivity (Wildman–Crippen MR) is 90.5 cm³/mol. The van der Waals surface area contributed by atoms with E-state index < -0.39 is 0 Å². The van der Waals surface area contributed by atoms with Crippen LogP contribution in [0.5, 0.6) is 0 Å². The Bertz CT molecular complexity index is 658. The first-order valence-electron chi connectivity index (χ1n) is 8.06. The van der Waals surface area contributed by atoms with Crippen molar-refractivity contribution >= 4 is 11.3 Å². The molecule has 0 radical (unpaired) electrons. The van der Waals surface area contributed by atoms with Gasteiger partial charge in [-0.1, -0.05) is 20.8 Å². The summed E-state index contributed by atoms with van der Waals surface area (Å²) in [6.07, 6.45) is 2.85. The Labute approximate surface area is 141 Å². The maximum absolute atomic E-state index is 5.52. The Kier molecular flexibility index (Phi) is 4.79. The fourth-order valence-electron chi connectivity index (χ4n) is 2.64. The van der Waals surface area contributed by atoms with Gasteiger partial charge in [0.2, 0.25) is 0 Å². The van der Waals surface area contributed by atoms with Crippen molar-refractivity contribution in [2.75, 3.05) is 20.3 Å². The fraction of sp³-hybridized carbons (Fsp3) is 0.688. The van der Waals surface area contributed by atoms with Crippen molar-refractivity contribution in [1.29, 1.82) is 0 Å². The quantitative estimate of drug-likeness (QED) is 0.858. The first-order valence-corrected chi connectivity index (χ1v) is 8.87. The van der Waals surface area contributed by atoms with Crippen molar-refractivity contribution in [3.63, 3.8) is 0 Å². The van der Waals surface area contributed by atoms with Crippen LogP contribution in [-0.2, 0) is 36.2 Å². The van der Waals surface area contributed by atoms with Gasteiger partial charge < -0.3 is 9.30 Å². The molecule has 0 amide bonds. The van der Waals surface area contributed by atoms with E-state index in [1.807, 2.05) is 6.20 Å². The van der Waals surface area contributed by atoms with Crippen LogP contribution in [0.25, 0.3) is 0 Å². The predicted octanol–water partition coefficient (Wildman–Crippen LogP) is 2.24. The molecule has 1 aliphatic rings. The lowest BCUT2D eigenvalue weighted by atomic mass is 9.98. The Morgan fingerprint density at radius 3 is 2.83 bits per heavy atom. The van der Waals surface area contributed by atoms with E-state index >= 15 is 0 Å². The molecule has 3 heterocycles. The molecule has 0 aliphatic carbocycles. The Balaban J connectivity index is 1.65. The molecule has 3 rings (SSSR count). The van der Waals surface area contributed by atoms with Crippen LogP contribution in [0.15, 0.2) is 6.20 Å². The highest BCUT2D eigenvalue weighted by atomic mass is 32.1. The van der Waals surface area contributed by atoms with E-state index in [9.17, 15) is 0 Å². The van der Waals surface area contributed by atoms with Gasteiger partial charge in [-0.15, -0.1) is 21.5 Å². The van der Waals surface area contributed by atoms with E-state index in [-0.39, 0.29) is 5.41 Å². The highest BCUT2D eigenvalue weighted by Gasteiger charge is 2.19. The minimum atomic E-state index is 0.117. The number of fused-ring (bicyclic) bond motifs is 1. The molecule has 0 aromatic carbocycles. The molecular weight excluding hydrogens is 310 g/mol. The van der Waals surface area contributed by atoms with Gasteiger partial charge in [0.1, 0.15) is 11.6 Å². The molecule has 0 atom stereocenters. The summed E-state index contributed by atoms with van der Waals surface area (Å²) in [5.41, 5.74) is 0.117. The number of thiazole rings is 1. The first-order chi connectivity index (χ1) is 10.9. The molecule has 0 saturated heterocycles. The van der Waals surface area contributed by atoms with Crippen molar-refractivity contribution in [1.82, 2.24) is 24.6 Å². The lowest BCUT2D eigenvalue weighted by Crippen LogP contribution is -2.20. The summed E-state index contributed by atoms with van der Waals surface area (Å²) >= 11 is 1.80. The molecular formula is C16H25N5OS. The van der Waals surface area contributed by atoms with E-state index in [2.05, 4.69) is 52.5 Å². The number of nitrogens with zero attached hydrogens (tertiary/aromatic N) is 5. The highest BCUT2D eigenvalue weighted by molar-refractivity contribution is 7.11. The second-order valence-electron chi connectivity index (χ2n) is 7.10. The number of hydrogen-bond acceptors (Lipinski definition) is 6. The average Bonchev–Trinajstić information content (AvgIpc) is 3.00. The van der Waals surface area contributed by atoms with Gasteiger partial charge in [0.15, 0.2) is 0 Å². The third kappa shape index (κ3) is 3.97. The van der Waals surface area contributed by atoms with Gasteiger partial charge >= 0.3 is 0 Å². The summed E-state index contributed by atoms with van der Waals surface area (Å²) in [5.74, 6) is 2.06.